The topological polar surface area (TPSA) is 20.2 Å². The molecule has 1 aliphatic carbocycles. The van der Waals surface area contributed by atoms with Gasteiger partial charge in [0.05, 0.1) is 4.08 Å². The zero-order chi connectivity index (χ0) is 14.0. The maximum atomic E-state index is 9.64. The highest BCUT2D eigenvalue weighted by atomic mass is 32.2. The number of rotatable bonds is 5. The molecule has 104 valence electrons. The van der Waals surface area contributed by atoms with Gasteiger partial charge in [0.15, 0.2) is 0 Å². The first-order valence-corrected chi connectivity index (χ1v) is 8.48. The lowest BCUT2D eigenvalue weighted by atomic mass is 10.4. The largest absolute Gasteiger partial charge is 0.396 e. The van der Waals surface area contributed by atoms with Crippen molar-refractivity contribution in [3.05, 3.63) is 60.7 Å². The van der Waals surface area contributed by atoms with Gasteiger partial charge in [-0.15, -0.1) is 23.5 Å². The molecule has 1 N–H and O–H groups in total. The summed E-state index contributed by atoms with van der Waals surface area (Å²) in [5.74, 6) is 0.876. The summed E-state index contributed by atoms with van der Waals surface area (Å²) < 4.78 is 0.0669. The van der Waals surface area contributed by atoms with E-state index in [0.29, 0.717) is 11.8 Å². The van der Waals surface area contributed by atoms with Gasteiger partial charge < -0.3 is 5.11 Å². The van der Waals surface area contributed by atoms with Crippen LogP contribution < -0.4 is 0 Å². The lowest BCUT2D eigenvalue weighted by Crippen LogP contribution is -2.04. The van der Waals surface area contributed by atoms with Crippen molar-refractivity contribution in [1.82, 2.24) is 0 Å². The quantitative estimate of drug-likeness (QED) is 0.820. The van der Waals surface area contributed by atoms with Crippen LogP contribution in [-0.4, -0.2) is 15.8 Å². The fraction of sp³-hybridized carbons (Fsp3) is 0.294. The van der Waals surface area contributed by atoms with Gasteiger partial charge in [0.1, 0.15) is 0 Å². The summed E-state index contributed by atoms with van der Waals surface area (Å²) in [5.41, 5.74) is 0. The van der Waals surface area contributed by atoms with Crippen LogP contribution in [0.4, 0.5) is 0 Å². The van der Waals surface area contributed by atoms with E-state index in [-0.39, 0.29) is 10.7 Å². The molecule has 20 heavy (non-hydrogen) atoms. The Morgan fingerprint density at radius 3 is 1.70 bits per heavy atom. The zero-order valence-corrected chi connectivity index (χ0v) is 13.0. The SMILES string of the molecule is C[C@@H]1[C@@H](CO)C1(Sc1ccccc1)Sc1ccccc1. The van der Waals surface area contributed by atoms with E-state index in [1.807, 2.05) is 35.7 Å². The Kier molecular flexibility index (Phi) is 4.11. The predicted octanol–water partition coefficient (Wildman–Crippen LogP) is 4.53. The minimum atomic E-state index is 0.0669. The van der Waals surface area contributed by atoms with Crippen molar-refractivity contribution >= 4 is 23.5 Å². The smallest absolute Gasteiger partial charge is 0.0787 e. The Morgan fingerprint density at radius 2 is 1.35 bits per heavy atom. The Hall–Kier alpha value is -0.900. The van der Waals surface area contributed by atoms with Crippen LogP contribution in [0.3, 0.4) is 0 Å². The molecule has 1 aliphatic rings. The number of aliphatic hydroxyl groups excluding tert-OH is 1. The molecule has 2 aromatic rings. The summed E-state index contributed by atoms with van der Waals surface area (Å²) in [7, 11) is 0. The molecule has 1 fully saturated rings. The molecule has 2 atom stereocenters. The normalized spacial score (nSPS) is 23.5. The van der Waals surface area contributed by atoms with Crippen LogP contribution in [0.15, 0.2) is 70.5 Å². The first-order chi connectivity index (χ1) is 9.76. The second kappa shape index (κ2) is 5.84. The van der Waals surface area contributed by atoms with E-state index in [2.05, 4.69) is 55.5 Å². The fourth-order valence-corrected chi connectivity index (χ4v) is 6.06. The molecule has 0 unspecified atom stereocenters. The van der Waals surface area contributed by atoms with E-state index in [1.54, 1.807) is 0 Å². The Bertz CT molecular complexity index is 514. The highest BCUT2D eigenvalue weighted by molar-refractivity contribution is 8.18. The molecule has 0 saturated heterocycles. The van der Waals surface area contributed by atoms with Crippen molar-refractivity contribution in [2.24, 2.45) is 11.8 Å². The van der Waals surface area contributed by atoms with Crippen LogP contribution in [0.25, 0.3) is 0 Å². The Balaban J connectivity index is 1.83. The average molecular weight is 302 g/mol. The standard InChI is InChI=1S/C17H18OS2/c1-13-16(12-18)17(13,19-14-8-4-2-5-9-14)20-15-10-6-3-7-11-15/h2-11,13,16,18H,12H2,1H3/t13-,16-/m1/s1. The molecule has 3 rings (SSSR count). The number of thioether (sulfide) groups is 2. The van der Waals surface area contributed by atoms with Crippen molar-refractivity contribution in [3.63, 3.8) is 0 Å². The van der Waals surface area contributed by atoms with E-state index in [1.165, 1.54) is 9.79 Å². The van der Waals surface area contributed by atoms with E-state index in [4.69, 9.17) is 0 Å². The third-order valence-electron chi connectivity index (χ3n) is 3.88. The molecule has 1 saturated carbocycles. The molecule has 3 heteroatoms. The molecule has 0 heterocycles. The Labute approximate surface area is 128 Å². The van der Waals surface area contributed by atoms with Crippen molar-refractivity contribution in [1.29, 1.82) is 0 Å². The van der Waals surface area contributed by atoms with E-state index < -0.39 is 0 Å². The summed E-state index contributed by atoms with van der Waals surface area (Å²) in [6, 6.07) is 21.0. The highest BCUT2D eigenvalue weighted by Crippen LogP contribution is 2.69. The number of benzene rings is 2. The van der Waals surface area contributed by atoms with Crippen LogP contribution in [0, 0.1) is 11.8 Å². The van der Waals surface area contributed by atoms with Crippen molar-refractivity contribution in [2.45, 2.75) is 20.8 Å². The van der Waals surface area contributed by atoms with Crippen molar-refractivity contribution in [3.8, 4) is 0 Å². The maximum Gasteiger partial charge on any atom is 0.0787 e. The molecule has 0 bridgehead atoms. The van der Waals surface area contributed by atoms with Gasteiger partial charge in [-0.3, -0.25) is 0 Å². The number of hydrogen-bond donors (Lipinski definition) is 1. The monoisotopic (exact) mass is 302 g/mol. The molecule has 2 aromatic carbocycles. The Morgan fingerprint density at radius 1 is 0.900 bits per heavy atom. The molecule has 0 aliphatic heterocycles. The van der Waals surface area contributed by atoms with Crippen molar-refractivity contribution in [2.75, 3.05) is 6.61 Å². The summed E-state index contributed by atoms with van der Waals surface area (Å²) in [5, 5.41) is 9.64. The summed E-state index contributed by atoms with van der Waals surface area (Å²) >= 11 is 3.79. The average Bonchev–Trinajstić information content (AvgIpc) is 3.03. The first-order valence-electron chi connectivity index (χ1n) is 6.85. The number of hydrogen-bond acceptors (Lipinski definition) is 3. The third kappa shape index (κ3) is 2.62. The lowest BCUT2D eigenvalue weighted by molar-refractivity contribution is 0.270. The van der Waals surface area contributed by atoms with Gasteiger partial charge in [-0.2, -0.15) is 0 Å². The van der Waals surface area contributed by atoms with Gasteiger partial charge in [0.2, 0.25) is 0 Å². The van der Waals surface area contributed by atoms with Gasteiger partial charge in [-0.25, -0.2) is 0 Å². The highest BCUT2D eigenvalue weighted by Gasteiger charge is 2.63. The third-order valence-corrected chi connectivity index (χ3v) is 7.39. The summed E-state index contributed by atoms with van der Waals surface area (Å²) in [6.45, 7) is 2.51. The minimum absolute atomic E-state index is 0.0669. The van der Waals surface area contributed by atoms with Crippen LogP contribution >= 0.6 is 23.5 Å². The fourth-order valence-electron chi connectivity index (χ4n) is 2.57. The summed E-state index contributed by atoms with van der Waals surface area (Å²) in [6.07, 6.45) is 0. The summed E-state index contributed by atoms with van der Waals surface area (Å²) in [4.78, 5) is 2.55. The van der Waals surface area contributed by atoms with E-state index >= 15 is 0 Å². The molecule has 0 aromatic heterocycles. The second-order valence-corrected chi connectivity index (χ2v) is 8.09. The minimum Gasteiger partial charge on any atom is -0.396 e. The lowest BCUT2D eigenvalue weighted by Gasteiger charge is -2.17. The molecule has 0 radical (unpaired) electrons. The first kappa shape index (κ1) is 14.1. The van der Waals surface area contributed by atoms with Crippen LogP contribution in [0.1, 0.15) is 6.92 Å². The van der Waals surface area contributed by atoms with E-state index in [9.17, 15) is 5.11 Å². The maximum absolute atomic E-state index is 9.64. The van der Waals surface area contributed by atoms with Crippen molar-refractivity contribution < 1.29 is 5.11 Å². The van der Waals surface area contributed by atoms with E-state index in [0.717, 1.165) is 0 Å². The molecular weight excluding hydrogens is 284 g/mol. The molecular formula is C17H18OS2. The molecule has 0 spiro atoms. The second-order valence-electron chi connectivity index (χ2n) is 5.13. The van der Waals surface area contributed by atoms with Gasteiger partial charge in [-0.05, 0) is 30.2 Å². The molecule has 1 nitrogen and oxygen atoms in total. The van der Waals surface area contributed by atoms with Gasteiger partial charge in [0.25, 0.3) is 0 Å². The molecule has 0 amide bonds. The van der Waals surface area contributed by atoms with Crippen LogP contribution in [-0.2, 0) is 0 Å². The van der Waals surface area contributed by atoms with Crippen LogP contribution in [0.2, 0.25) is 0 Å². The van der Waals surface area contributed by atoms with Gasteiger partial charge >= 0.3 is 0 Å². The van der Waals surface area contributed by atoms with Crippen LogP contribution in [0.5, 0.6) is 0 Å². The van der Waals surface area contributed by atoms with Gasteiger partial charge in [-0.1, -0.05) is 43.3 Å². The predicted molar refractivity (Wildman–Crippen MR) is 87.1 cm³/mol. The van der Waals surface area contributed by atoms with Gasteiger partial charge in [0, 0.05) is 22.3 Å². The number of aliphatic hydroxyl groups is 1. The zero-order valence-electron chi connectivity index (χ0n) is 11.4.